The second-order valence-corrected chi connectivity index (χ2v) is 5.18. The van der Waals surface area contributed by atoms with Crippen LogP contribution in [-0.4, -0.2) is 23.7 Å². The van der Waals surface area contributed by atoms with Gasteiger partial charge in [-0.05, 0) is 30.9 Å². The third kappa shape index (κ3) is 4.78. The summed E-state index contributed by atoms with van der Waals surface area (Å²) in [6, 6.07) is 6.27. The van der Waals surface area contributed by atoms with Crippen molar-refractivity contribution in [3.63, 3.8) is 0 Å². The molecule has 0 spiro atoms. The minimum absolute atomic E-state index is 0.0269. The van der Waals surface area contributed by atoms with E-state index >= 15 is 0 Å². The van der Waals surface area contributed by atoms with E-state index < -0.39 is 0 Å². The third-order valence-corrected chi connectivity index (χ3v) is 3.22. The molecule has 0 aliphatic heterocycles. The quantitative estimate of drug-likeness (QED) is 0.787. The molecule has 2 N–H and O–H groups in total. The Kier molecular flexibility index (Phi) is 6.39. The number of allylic oxidation sites excluding steroid dienone is 1. The zero-order chi connectivity index (χ0) is 15.1. The molecule has 1 unspecified atom stereocenters. The Morgan fingerprint density at radius 2 is 2.05 bits per heavy atom. The van der Waals surface area contributed by atoms with E-state index in [-0.39, 0.29) is 30.3 Å². The van der Waals surface area contributed by atoms with Gasteiger partial charge in [-0.2, -0.15) is 0 Å². The number of aliphatic hydroxyl groups excluding tert-OH is 1. The maximum Gasteiger partial charge on any atom is 0.244 e. The van der Waals surface area contributed by atoms with Crippen LogP contribution in [-0.2, 0) is 4.79 Å². The lowest BCUT2D eigenvalue weighted by molar-refractivity contribution is -0.117. The van der Waals surface area contributed by atoms with Crippen LogP contribution in [0.25, 0.3) is 5.57 Å². The molecule has 110 valence electrons. The van der Waals surface area contributed by atoms with Crippen LogP contribution in [0.1, 0.15) is 32.8 Å². The number of hydrogen-bond acceptors (Lipinski definition) is 2. The fourth-order valence-electron chi connectivity index (χ4n) is 1.99. The fourth-order valence-corrected chi connectivity index (χ4v) is 1.99. The van der Waals surface area contributed by atoms with Crippen LogP contribution >= 0.6 is 0 Å². The third-order valence-electron chi connectivity index (χ3n) is 3.22. The van der Waals surface area contributed by atoms with Gasteiger partial charge in [0.25, 0.3) is 0 Å². The Morgan fingerprint density at radius 1 is 1.40 bits per heavy atom. The van der Waals surface area contributed by atoms with E-state index in [4.69, 9.17) is 5.11 Å². The predicted molar refractivity (Wildman–Crippen MR) is 78.5 cm³/mol. The van der Waals surface area contributed by atoms with Gasteiger partial charge in [-0.15, -0.1) is 0 Å². The standard InChI is InChI=1S/C16H22FNO2/c1-11(2)15(8-9-19)18-16(20)10-12(3)13-6-4-5-7-14(13)17/h4-7,10-11,15,19H,8-9H2,1-3H3,(H,18,20)/b12-10-. The Labute approximate surface area is 119 Å². The highest BCUT2D eigenvalue weighted by atomic mass is 19.1. The molecule has 0 saturated carbocycles. The number of carbonyl (C=O) groups excluding carboxylic acids is 1. The summed E-state index contributed by atoms with van der Waals surface area (Å²) in [6.45, 7) is 5.69. The number of hydrogen-bond donors (Lipinski definition) is 2. The van der Waals surface area contributed by atoms with E-state index in [9.17, 15) is 9.18 Å². The molecule has 4 heteroatoms. The molecule has 0 aromatic heterocycles. The Bertz CT molecular complexity index is 483. The van der Waals surface area contributed by atoms with Crippen molar-refractivity contribution in [2.24, 2.45) is 5.92 Å². The van der Waals surface area contributed by atoms with Crippen LogP contribution in [0.15, 0.2) is 30.3 Å². The lowest BCUT2D eigenvalue weighted by Gasteiger charge is -2.20. The average molecular weight is 279 g/mol. The Morgan fingerprint density at radius 3 is 2.60 bits per heavy atom. The fraction of sp³-hybridized carbons (Fsp3) is 0.438. The van der Waals surface area contributed by atoms with Crippen molar-refractivity contribution in [1.82, 2.24) is 5.32 Å². The molecular weight excluding hydrogens is 257 g/mol. The molecular formula is C16H22FNO2. The highest BCUT2D eigenvalue weighted by molar-refractivity contribution is 5.95. The molecule has 0 bridgehead atoms. The van der Waals surface area contributed by atoms with Crippen LogP contribution < -0.4 is 5.32 Å². The second-order valence-electron chi connectivity index (χ2n) is 5.18. The van der Waals surface area contributed by atoms with E-state index in [0.29, 0.717) is 17.6 Å². The lowest BCUT2D eigenvalue weighted by atomic mass is 10.0. The molecule has 0 aliphatic rings. The van der Waals surface area contributed by atoms with Crippen molar-refractivity contribution in [1.29, 1.82) is 0 Å². The zero-order valence-corrected chi connectivity index (χ0v) is 12.2. The van der Waals surface area contributed by atoms with E-state index in [1.54, 1.807) is 25.1 Å². The van der Waals surface area contributed by atoms with Crippen LogP contribution in [0.4, 0.5) is 4.39 Å². The smallest absolute Gasteiger partial charge is 0.244 e. The maximum atomic E-state index is 13.6. The first kappa shape index (κ1) is 16.4. The average Bonchev–Trinajstić information content (AvgIpc) is 2.38. The molecule has 20 heavy (non-hydrogen) atoms. The van der Waals surface area contributed by atoms with E-state index in [1.807, 2.05) is 13.8 Å². The molecule has 1 aromatic rings. The monoisotopic (exact) mass is 279 g/mol. The van der Waals surface area contributed by atoms with Crippen LogP contribution in [0.5, 0.6) is 0 Å². The van der Waals surface area contributed by atoms with Crippen molar-refractivity contribution in [2.75, 3.05) is 6.61 Å². The molecule has 0 saturated heterocycles. The summed E-state index contributed by atoms with van der Waals surface area (Å²) in [5.41, 5.74) is 0.998. The van der Waals surface area contributed by atoms with Gasteiger partial charge in [-0.3, -0.25) is 4.79 Å². The second kappa shape index (κ2) is 7.80. The maximum absolute atomic E-state index is 13.6. The predicted octanol–water partition coefficient (Wildman–Crippen LogP) is 2.75. The number of aliphatic hydroxyl groups is 1. The van der Waals surface area contributed by atoms with E-state index in [2.05, 4.69) is 5.32 Å². The first-order valence-electron chi connectivity index (χ1n) is 6.80. The highest BCUT2D eigenvalue weighted by Gasteiger charge is 2.15. The number of nitrogens with one attached hydrogen (secondary N) is 1. The summed E-state index contributed by atoms with van der Waals surface area (Å²) in [5, 5.41) is 11.8. The van der Waals surface area contributed by atoms with Gasteiger partial charge in [0.15, 0.2) is 0 Å². The Hall–Kier alpha value is -1.68. The minimum Gasteiger partial charge on any atom is -0.396 e. The van der Waals surface area contributed by atoms with Gasteiger partial charge in [-0.1, -0.05) is 32.0 Å². The molecule has 0 fully saturated rings. The molecule has 0 aliphatic carbocycles. The summed E-state index contributed by atoms with van der Waals surface area (Å²) in [4.78, 5) is 11.9. The lowest BCUT2D eigenvalue weighted by Crippen LogP contribution is -2.38. The number of benzene rings is 1. The first-order valence-corrected chi connectivity index (χ1v) is 6.80. The van der Waals surface area contributed by atoms with E-state index in [1.165, 1.54) is 12.1 Å². The molecule has 3 nitrogen and oxygen atoms in total. The summed E-state index contributed by atoms with van der Waals surface area (Å²) < 4.78 is 13.6. The van der Waals surface area contributed by atoms with Gasteiger partial charge >= 0.3 is 0 Å². The van der Waals surface area contributed by atoms with Crippen molar-refractivity contribution in [2.45, 2.75) is 33.2 Å². The zero-order valence-electron chi connectivity index (χ0n) is 12.2. The SMILES string of the molecule is C/C(=C/C(=O)NC(CCO)C(C)C)c1ccccc1F. The summed E-state index contributed by atoms with van der Waals surface area (Å²) >= 11 is 0. The van der Waals surface area contributed by atoms with Gasteiger partial charge in [0.05, 0.1) is 0 Å². The van der Waals surface area contributed by atoms with Crippen LogP contribution in [0.3, 0.4) is 0 Å². The van der Waals surface area contributed by atoms with Gasteiger partial charge in [0, 0.05) is 24.3 Å². The van der Waals surface area contributed by atoms with E-state index in [0.717, 1.165) is 0 Å². The van der Waals surface area contributed by atoms with Gasteiger partial charge in [-0.25, -0.2) is 4.39 Å². The highest BCUT2D eigenvalue weighted by Crippen LogP contribution is 2.17. The summed E-state index contributed by atoms with van der Waals surface area (Å²) in [5.74, 6) is -0.379. The molecule has 1 aromatic carbocycles. The molecule has 1 amide bonds. The molecule has 1 atom stereocenters. The number of carbonyl (C=O) groups is 1. The minimum atomic E-state index is -0.343. The van der Waals surface area contributed by atoms with Crippen molar-refractivity contribution in [3.05, 3.63) is 41.7 Å². The van der Waals surface area contributed by atoms with Gasteiger partial charge in [0.1, 0.15) is 5.82 Å². The van der Waals surface area contributed by atoms with Crippen LogP contribution in [0.2, 0.25) is 0 Å². The number of amides is 1. The van der Waals surface area contributed by atoms with Gasteiger partial charge in [0.2, 0.25) is 5.91 Å². The van der Waals surface area contributed by atoms with Crippen LogP contribution in [0, 0.1) is 11.7 Å². The normalized spacial score (nSPS) is 13.4. The largest absolute Gasteiger partial charge is 0.396 e. The summed E-state index contributed by atoms with van der Waals surface area (Å²) in [6.07, 6.45) is 1.90. The van der Waals surface area contributed by atoms with Crippen molar-refractivity contribution < 1.29 is 14.3 Å². The topological polar surface area (TPSA) is 49.3 Å². The Balaban J connectivity index is 2.78. The van der Waals surface area contributed by atoms with Crippen molar-refractivity contribution >= 4 is 11.5 Å². The first-order chi connectivity index (χ1) is 9.45. The van der Waals surface area contributed by atoms with Crippen molar-refractivity contribution in [3.8, 4) is 0 Å². The van der Waals surface area contributed by atoms with Gasteiger partial charge < -0.3 is 10.4 Å². The molecule has 0 radical (unpaired) electrons. The summed E-state index contributed by atoms with van der Waals surface area (Å²) in [7, 11) is 0. The number of rotatable bonds is 6. The molecule has 1 rings (SSSR count). The molecule has 0 heterocycles. The number of halogens is 1.